The molecule has 1 aromatic rings. The molecule has 3 N–H and O–H groups in total. The smallest absolute Gasteiger partial charge is 0.251 e. The average molecular weight is 284 g/mol. The molecule has 1 aliphatic carbocycles. The number of halogens is 1. The molecule has 0 aromatic carbocycles. The fraction of sp³-hybridized carbons (Fsp3) is 0.538. The molecule has 0 saturated heterocycles. The lowest BCUT2D eigenvalue weighted by Crippen LogP contribution is -2.33. The van der Waals surface area contributed by atoms with E-state index in [2.05, 4.69) is 15.6 Å². The van der Waals surface area contributed by atoms with Gasteiger partial charge in [0.1, 0.15) is 5.82 Å². The Morgan fingerprint density at radius 1 is 1.58 bits per heavy atom. The van der Waals surface area contributed by atoms with Crippen LogP contribution in [0.1, 0.15) is 29.6 Å². The topological polar surface area (TPSA) is 74.2 Å². The molecule has 5 nitrogen and oxygen atoms in total. The van der Waals surface area contributed by atoms with Crippen molar-refractivity contribution in [1.29, 1.82) is 0 Å². The van der Waals surface area contributed by atoms with Crippen molar-refractivity contribution in [3.8, 4) is 0 Å². The van der Waals surface area contributed by atoms with Crippen molar-refractivity contribution in [2.75, 3.05) is 17.7 Å². The van der Waals surface area contributed by atoms with E-state index in [1.165, 1.54) is 6.42 Å². The number of hydrogen-bond donors (Lipinski definition) is 3. The maximum Gasteiger partial charge on any atom is 0.251 e. The summed E-state index contributed by atoms with van der Waals surface area (Å²) in [7, 11) is 0. The van der Waals surface area contributed by atoms with E-state index in [4.69, 9.17) is 11.6 Å². The van der Waals surface area contributed by atoms with Crippen LogP contribution in [0.5, 0.6) is 0 Å². The molecule has 1 fully saturated rings. The van der Waals surface area contributed by atoms with Gasteiger partial charge in [0.25, 0.3) is 5.91 Å². The highest BCUT2D eigenvalue weighted by molar-refractivity contribution is 6.18. The summed E-state index contributed by atoms with van der Waals surface area (Å²) in [6.45, 7) is 0.149. The summed E-state index contributed by atoms with van der Waals surface area (Å²) in [4.78, 5) is 16.1. The molecule has 0 unspecified atom stereocenters. The van der Waals surface area contributed by atoms with Crippen LogP contribution in [0.4, 0.5) is 5.82 Å². The monoisotopic (exact) mass is 283 g/mol. The van der Waals surface area contributed by atoms with Gasteiger partial charge in [-0.2, -0.15) is 0 Å². The molecule has 19 heavy (non-hydrogen) atoms. The predicted molar refractivity (Wildman–Crippen MR) is 74.6 cm³/mol. The summed E-state index contributed by atoms with van der Waals surface area (Å²) < 4.78 is 0. The zero-order valence-electron chi connectivity index (χ0n) is 10.6. The lowest BCUT2D eigenvalue weighted by molar-refractivity contribution is 0.0925. The molecule has 0 radical (unpaired) electrons. The maximum atomic E-state index is 11.9. The molecule has 1 aliphatic rings. The van der Waals surface area contributed by atoms with Crippen LogP contribution >= 0.6 is 11.6 Å². The first-order valence-corrected chi connectivity index (χ1v) is 6.97. The number of nitrogens with one attached hydrogen (secondary N) is 2. The Labute approximate surface area is 117 Å². The molecule has 1 saturated carbocycles. The minimum atomic E-state index is -0.722. The first-order valence-electron chi connectivity index (χ1n) is 6.44. The SMILES string of the molecule is O=C(NC[C@@H](O)CCl)c1ccnc(NC2CCC2)c1. The number of aromatic nitrogens is 1. The van der Waals surface area contributed by atoms with Gasteiger partial charge in [-0.25, -0.2) is 4.98 Å². The number of aliphatic hydroxyl groups is 1. The van der Waals surface area contributed by atoms with Crippen molar-refractivity contribution < 1.29 is 9.90 Å². The van der Waals surface area contributed by atoms with Gasteiger partial charge in [-0.05, 0) is 31.4 Å². The van der Waals surface area contributed by atoms with Crippen LogP contribution in [0.2, 0.25) is 0 Å². The summed E-state index contributed by atoms with van der Waals surface area (Å²) in [5, 5.41) is 15.2. The molecule has 0 bridgehead atoms. The first-order chi connectivity index (χ1) is 9.19. The van der Waals surface area contributed by atoms with Gasteiger partial charge in [0.15, 0.2) is 0 Å². The van der Waals surface area contributed by atoms with E-state index in [9.17, 15) is 9.90 Å². The van der Waals surface area contributed by atoms with Crippen LogP contribution in [0.15, 0.2) is 18.3 Å². The number of alkyl halides is 1. The fourth-order valence-corrected chi connectivity index (χ4v) is 1.89. The molecule has 2 rings (SSSR count). The minimum Gasteiger partial charge on any atom is -0.390 e. The number of amides is 1. The zero-order valence-corrected chi connectivity index (χ0v) is 11.4. The van der Waals surface area contributed by atoms with Gasteiger partial charge in [-0.3, -0.25) is 4.79 Å². The molecular formula is C13H18ClN3O2. The molecule has 1 amide bonds. The summed E-state index contributed by atoms with van der Waals surface area (Å²) in [6.07, 6.45) is 4.43. The van der Waals surface area contributed by atoms with Crippen molar-refractivity contribution in [2.24, 2.45) is 0 Å². The lowest BCUT2D eigenvalue weighted by Gasteiger charge is -2.26. The average Bonchev–Trinajstić information content (AvgIpc) is 2.40. The fourth-order valence-electron chi connectivity index (χ4n) is 1.78. The number of aliphatic hydroxyl groups excluding tert-OH is 1. The molecule has 1 atom stereocenters. The Hall–Kier alpha value is -1.33. The van der Waals surface area contributed by atoms with Gasteiger partial charge in [0, 0.05) is 24.3 Å². The minimum absolute atomic E-state index is 0.102. The van der Waals surface area contributed by atoms with Crippen LogP contribution in [-0.4, -0.2) is 40.6 Å². The Morgan fingerprint density at radius 3 is 3.00 bits per heavy atom. The van der Waals surface area contributed by atoms with Gasteiger partial charge < -0.3 is 15.7 Å². The van der Waals surface area contributed by atoms with E-state index in [-0.39, 0.29) is 18.3 Å². The Morgan fingerprint density at radius 2 is 2.37 bits per heavy atom. The number of carbonyl (C=O) groups excluding carboxylic acids is 1. The van der Waals surface area contributed by atoms with Crippen LogP contribution < -0.4 is 10.6 Å². The van der Waals surface area contributed by atoms with Crippen LogP contribution in [0.3, 0.4) is 0 Å². The van der Waals surface area contributed by atoms with Crippen LogP contribution in [0, 0.1) is 0 Å². The number of rotatable bonds is 6. The molecule has 0 spiro atoms. The highest BCUT2D eigenvalue weighted by Gasteiger charge is 2.17. The van der Waals surface area contributed by atoms with E-state index in [0.29, 0.717) is 11.6 Å². The van der Waals surface area contributed by atoms with Crippen molar-refractivity contribution in [2.45, 2.75) is 31.4 Å². The second-order valence-corrected chi connectivity index (χ2v) is 5.03. The molecule has 104 valence electrons. The summed E-state index contributed by atoms with van der Waals surface area (Å²) in [6, 6.07) is 3.85. The van der Waals surface area contributed by atoms with E-state index in [0.717, 1.165) is 18.7 Å². The Balaban J connectivity index is 1.91. The predicted octanol–water partition coefficient (Wildman–Crippen LogP) is 1.38. The third-order valence-corrected chi connectivity index (χ3v) is 3.51. The van der Waals surface area contributed by atoms with Crippen LogP contribution in [0.25, 0.3) is 0 Å². The summed E-state index contributed by atoms with van der Waals surface area (Å²) in [5.41, 5.74) is 0.526. The van der Waals surface area contributed by atoms with E-state index >= 15 is 0 Å². The highest BCUT2D eigenvalue weighted by atomic mass is 35.5. The Kier molecular flexibility index (Phi) is 4.99. The third-order valence-electron chi connectivity index (χ3n) is 3.16. The molecule has 1 heterocycles. The second-order valence-electron chi connectivity index (χ2n) is 4.72. The van der Waals surface area contributed by atoms with Gasteiger partial charge in [0.2, 0.25) is 0 Å². The number of carbonyl (C=O) groups is 1. The van der Waals surface area contributed by atoms with Gasteiger partial charge in [-0.15, -0.1) is 11.6 Å². The van der Waals surface area contributed by atoms with Crippen molar-refractivity contribution >= 4 is 23.3 Å². The van der Waals surface area contributed by atoms with E-state index < -0.39 is 6.10 Å². The first kappa shape index (κ1) is 14.1. The molecule has 6 heteroatoms. The largest absolute Gasteiger partial charge is 0.390 e. The third kappa shape index (κ3) is 4.08. The second kappa shape index (κ2) is 6.73. The molecule has 1 aromatic heterocycles. The van der Waals surface area contributed by atoms with Gasteiger partial charge in [-0.1, -0.05) is 0 Å². The standard InChI is InChI=1S/C13H18ClN3O2/c14-7-11(18)8-16-13(19)9-4-5-15-12(6-9)17-10-2-1-3-10/h4-6,10-11,18H,1-3,7-8H2,(H,15,17)(H,16,19)/t11-/m0/s1. The van der Waals surface area contributed by atoms with Gasteiger partial charge in [0.05, 0.1) is 12.0 Å². The van der Waals surface area contributed by atoms with Crippen molar-refractivity contribution in [1.82, 2.24) is 10.3 Å². The van der Waals surface area contributed by atoms with Crippen molar-refractivity contribution in [3.05, 3.63) is 23.9 Å². The van der Waals surface area contributed by atoms with Gasteiger partial charge >= 0.3 is 0 Å². The normalized spacial score (nSPS) is 16.5. The lowest BCUT2D eigenvalue weighted by atomic mass is 9.93. The number of nitrogens with zero attached hydrogens (tertiary/aromatic N) is 1. The molecular weight excluding hydrogens is 266 g/mol. The maximum absolute atomic E-state index is 11.9. The number of anilines is 1. The van der Waals surface area contributed by atoms with Crippen molar-refractivity contribution in [3.63, 3.8) is 0 Å². The zero-order chi connectivity index (χ0) is 13.7. The number of pyridine rings is 1. The van der Waals surface area contributed by atoms with Crippen LogP contribution in [-0.2, 0) is 0 Å². The highest BCUT2D eigenvalue weighted by Crippen LogP contribution is 2.22. The van der Waals surface area contributed by atoms with E-state index in [1.54, 1.807) is 18.3 Å². The van der Waals surface area contributed by atoms with E-state index in [1.807, 2.05) is 0 Å². The number of hydrogen-bond acceptors (Lipinski definition) is 4. The Bertz CT molecular complexity index is 438. The summed E-state index contributed by atoms with van der Waals surface area (Å²) >= 11 is 5.47. The summed E-state index contributed by atoms with van der Waals surface area (Å²) in [5.74, 6) is 0.587. The quantitative estimate of drug-likeness (QED) is 0.690. The molecule has 0 aliphatic heterocycles.